The van der Waals surface area contributed by atoms with Crippen LogP contribution in [0, 0.1) is 13.8 Å². The van der Waals surface area contributed by atoms with Crippen molar-refractivity contribution in [3.8, 4) is 0 Å². The van der Waals surface area contributed by atoms with Crippen LogP contribution in [0.2, 0.25) is 0 Å². The summed E-state index contributed by atoms with van der Waals surface area (Å²) in [5.74, 6) is -1.02. The van der Waals surface area contributed by atoms with Gasteiger partial charge in [-0.25, -0.2) is 4.79 Å². The third kappa shape index (κ3) is 3.55. The molecule has 0 saturated carbocycles. The second-order valence-electron chi connectivity index (χ2n) is 4.83. The molecule has 0 aliphatic rings. The number of nitrogens with one attached hydrogen (secondary N) is 1. The zero-order valence-corrected chi connectivity index (χ0v) is 12.8. The summed E-state index contributed by atoms with van der Waals surface area (Å²) in [6, 6.07) is 5.17. The first-order chi connectivity index (χ1) is 10.5. The van der Waals surface area contributed by atoms with Crippen molar-refractivity contribution in [3.63, 3.8) is 0 Å². The van der Waals surface area contributed by atoms with E-state index in [1.165, 1.54) is 0 Å². The molecule has 0 radical (unpaired) electrons. The van der Waals surface area contributed by atoms with E-state index in [4.69, 9.17) is 4.42 Å². The summed E-state index contributed by atoms with van der Waals surface area (Å²) < 4.78 is 11.9. The Morgan fingerprint density at radius 3 is 2.77 bits per heavy atom. The van der Waals surface area contributed by atoms with Gasteiger partial charge in [-0.1, -0.05) is 0 Å². The molecule has 0 aliphatic carbocycles. The third-order valence-electron chi connectivity index (χ3n) is 3.13. The number of hydrogen-bond donors (Lipinski definition) is 1. The standard InChI is InChI=1S/C15H19N3O4/c1-4-21-15(20)14(19)16-9-12(13-6-5-7-22-13)18-11(3)8-10(2)17-18/h5-8,12H,4,9H2,1-3H3,(H,16,19). The Bertz CT molecular complexity index is 646. The Morgan fingerprint density at radius 2 is 2.23 bits per heavy atom. The predicted octanol–water partition coefficient (Wildman–Crippen LogP) is 1.36. The number of hydrogen-bond acceptors (Lipinski definition) is 5. The first-order valence-corrected chi connectivity index (χ1v) is 7.04. The highest BCUT2D eigenvalue weighted by molar-refractivity contribution is 6.32. The van der Waals surface area contributed by atoms with E-state index in [2.05, 4.69) is 15.2 Å². The number of rotatable bonds is 5. The minimum atomic E-state index is -0.894. The van der Waals surface area contributed by atoms with Crippen LogP contribution in [0.15, 0.2) is 28.9 Å². The molecule has 0 fully saturated rings. The summed E-state index contributed by atoms with van der Waals surface area (Å²) in [5.41, 5.74) is 1.80. The molecule has 7 heteroatoms. The Labute approximate surface area is 128 Å². The SMILES string of the molecule is CCOC(=O)C(=O)NCC(c1ccco1)n1nc(C)cc1C. The molecule has 0 saturated heterocycles. The topological polar surface area (TPSA) is 86.4 Å². The van der Waals surface area contributed by atoms with E-state index < -0.39 is 11.9 Å². The van der Waals surface area contributed by atoms with E-state index in [9.17, 15) is 9.59 Å². The van der Waals surface area contributed by atoms with E-state index in [0.717, 1.165) is 11.4 Å². The van der Waals surface area contributed by atoms with Crippen LogP contribution >= 0.6 is 0 Å². The highest BCUT2D eigenvalue weighted by atomic mass is 16.5. The molecule has 0 aliphatic heterocycles. The van der Waals surface area contributed by atoms with Gasteiger partial charge in [-0.15, -0.1) is 0 Å². The Morgan fingerprint density at radius 1 is 1.45 bits per heavy atom. The second-order valence-corrected chi connectivity index (χ2v) is 4.83. The van der Waals surface area contributed by atoms with Crippen LogP contribution in [0.3, 0.4) is 0 Å². The van der Waals surface area contributed by atoms with Gasteiger partial charge in [0.15, 0.2) is 0 Å². The Kier molecular flexibility index (Phi) is 4.98. The lowest BCUT2D eigenvalue weighted by atomic mass is 10.2. The summed E-state index contributed by atoms with van der Waals surface area (Å²) in [5, 5.41) is 6.97. The van der Waals surface area contributed by atoms with E-state index in [-0.39, 0.29) is 19.2 Å². The van der Waals surface area contributed by atoms with Crippen LogP contribution in [0.1, 0.15) is 30.1 Å². The molecule has 0 aromatic carbocycles. The minimum Gasteiger partial charge on any atom is -0.467 e. The van der Waals surface area contributed by atoms with Crippen LogP contribution in [0.25, 0.3) is 0 Å². The summed E-state index contributed by atoms with van der Waals surface area (Å²) in [7, 11) is 0. The van der Waals surface area contributed by atoms with E-state index in [0.29, 0.717) is 5.76 Å². The van der Waals surface area contributed by atoms with Crippen LogP contribution in [0.4, 0.5) is 0 Å². The lowest BCUT2D eigenvalue weighted by Crippen LogP contribution is -2.37. The van der Waals surface area contributed by atoms with Crippen LogP contribution in [-0.2, 0) is 14.3 Å². The molecule has 22 heavy (non-hydrogen) atoms. The van der Waals surface area contributed by atoms with E-state index in [1.54, 1.807) is 30.0 Å². The van der Waals surface area contributed by atoms with Crippen LogP contribution in [0.5, 0.6) is 0 Å². The molecule has 1 amide bonds. The van der Waals surface area contributed by atoms with Crippen molar-refractivity contribution in [1.82, 2.24) is 15.1 Å². The van der Waals surface area contributed by atoms with Crippen LogP contribution in [-0.4, -0.2) is 34.8 Å². The van der Waals surface area contributed by atoms with Crippen LogP contribution < -0.4 is 5.32 Å². The second kappa shape index (κ2) is 6.93. The molecule has 2 aromatic heterocycles. The smallest absolute Gasteiger partial charge is 0.396 e. The molecule has 2 heterocycles. The number of aromatic nitrogens is 2. The third-order valence-corrected chi connectivity index (χ3v) is 3.13. The van der Waals surface area contributed by atoms with Crippen molar-refractivity contribution in [2.75, 3.05) is 13.2 Å². The van der Waals surface area contributed by atoms with Crippen molar-refractivity contribution < 1.29 is 18.7 Å². The number of aryl methyl sites for hydroxylation is 2. The first kappa shape index (κ1) is 15.8. The Balaban J connectivity index is 2.15. The fourth-order valence-electron chi connectivity index (χ4n) is 2.21. The number of carbonyl (C=O) groups is 2. The van der Waals surface area contributed by atoms with Crippen molar-refractivity contribution >= 4 is 11.9 Å². The number of nitrogens with zero attached hydrogens (tertiary/aromatic N) is 2. The monoisotopic (exact) mass is 305 g/mol. The quantitative estimate of drug-likeness (QED) is 0.666. The van der Waals surface area contributed by atoms with Gasteiger partial charge in [-0.2, -0.15) is 5.10 Å². The molecule has 0 bridgehead atoms. The molecule has 1 atom stereocenters. The highest BCUT2D eigenvalue weighted by Gasteiger charge is 2.22. The molecule has 0 spiro atoms. The van der Waals surface area contributed by atoms with Gasteiger partial charge in [0.25, 0.3) is 0 Å². The van der Waals surface area contributed by atoms with Gasteiger partial charge >= 0.3 is 11.9 Å². The van der Waals surface area contributed by atoms with Gasteiger partial charge < -0.3 is 14.5 Å². The number of ether oxygens (including phenoxy) is 1. The number of esters is 1. The number of amides is 1. The number of carbonyl (C=O) groups excluding carboxylic acids is 2. The Hall–Kier alpha value is -2.57. The highest BCUT2D eigenvalue weighted by Crippen LogP contribution is 2.20. The van der Waals surface area contributed by atoms with Gasteiger partial charge in [0.05, 0.1) is 18.6 Å². The van der Waals surface area contributed by atoms with E-state index in [1.807, 2.05) is 19.9 Å². The maximum absolute atomic E-state index is 11.7. The van der Waals surface area contributed by atoms with Crippen molar-refractivity contribution in [3.05, 3.63) is 41.6 Å². The average molecular weight is 305 g/mol. The molecule has 1 unspecified atom stereocenters. The van der Waals surface area contributed by atoms with Crippen molar-refractivity contribution in [1.29, 1.82) is 0 Å². The van der Waals surface area contributed by atoms with Gasteiger partial charge in [-0.05, 0) is 39.0 Å². The lowest BCUT2D eigenvalue weighted by Gasteiger charge is -2.17. The van der Waals surface area contributed by atoms with E-state index >= 15 is 0 Å². The zero-order chi connectivity index (χ0) is 16.1. The average Bonchev–Trinajstić information content (AvgIpc) is 3.10. The first-order valence-electron chi connectivity index (χ1n) is 7.04. The lowest BCUT2D eigenvalue weighted by molar-refractivity contribution is -0.154. The summed E-state index contributed by atoms with van der Waals surface area (Å²) in [6.45, 7) is 5.79. The minimum absolute atomic E-state index is 0.158. The molecule has 1 N–H and O–H groups in total. The predicted molar refractivity (Wildman–Crippen MR) is 78.2 cm³/mol. The molecular formula is C15H19N3O4. The fraction of sp³-hybridized carbons (Fsp3) is 0.400. The zero-order valence-electron chi connectivity index (χ0n) is 12.8. The molecule has 2 aromatic rings. The largest absolute Gasteiger partial charge is 0.467 e. The van der Waals surface area contributed by atoms with Gasteiger partial charge in [0.1, 0.15) is 11.8 Å². The van der Waals surface area contributed by atoms with Crippen molar-refractivity contribution in [2.45, 2.75) is 26.8 Å². The fourth-order valence-corrected chi connectivity index (χ4v) is 2.21. The van der Waals surface area contributed by atoms with Gasteiger partial charge in [0.2, 0.25) is 0 Å². The van der Waals surface area contributed by atoms with Gasteiger partial charge in [0, 0.05) is 12.2 Å². The van der Waals surface area contributed by atoms with Crippen molar-refractivity contribution in [2.24, 2.45) is 0 Å². The molecular weight excluding hydrogens is 286 g/mol. The normalized spacial score (nSPS) is 12.0. The summed E-state index contributed by atoms with van der Waals surface area (Å²) in [6.07, 6.45) is 1.56. The summed E-state index contributed by atoms with van der Waals surface area (Å²) >= 11 is 0. The molecule has 7 nitrogen and oxygen atoms in total. The summed E-state index contributed by atoms with van der Waals surface area (Å²) in [4.78, 5) is 23.1. The number of furan rings is 1. The maximum Gasteiger partial charge on any atom is 0.396 e. The molecule has 2 rings (SSSR count). The maximum atomic E-state index is 11.7. The van der Waals surface area contributed by atoms with Gasteiger partial charge in [-0.3, -0.25) is 9.48 Å². The molecule has 118 valence electrons.